The minimum absolute atomic E-state index is 0.136. The number of hydrazone groups is 1. The van der Waals surface area contributed by atoms with E-state index < -0.39 is 0 Å². The molecule has 1 aromatic carbocycles. The highest BCUT2D eigenvalue weighted by molar-refractivity contribution is 9.10. The molecule has 25 heavy (non-hydrogen) atoms. The minimum atomic E-state index is -0.203. The average molecular weight is 401 g/mol. The quantitative estimate of drug-likeness (QED) is 0.445. The van der Waals surface area contributed by atoms with Gasteiger partial charge in [0.15, 0.2) is 0 Å². The van der Waals surface area contributed by atoms with Gasteiger partial charge in [-0.2, -0.15) is 10.1 Å². The molecular formula is C19H17BrN2O3. The lowest BCUT2D eigenvalue weighted by molar-refractivity contribution is -0.140. The third kappa shape index (κ3) is 2.09. The van der Waals surface area contributed by atoms with E-state index in [0.29, 0.717) is 11.8 Å². The SMILES string of the molecule is COc1ccc(C=NN2C(=O)C3C4C=CC(C5CC45)C3C2=O)cc1Br. The maximum Gasteiger partial charge on any atom is 0.254 e. The van der Waals surface area contributed by atoms with Crippen molar-refractivity contribution in [3.05, 3.63) is 40.4 Å². The second-order valence-corrected chi connectivity index (χ2v) is 8.14. The Morgan fingerprint density at radius 1 is 1.16 bits per heavy atom. The van der Waals surface area contributed by atoms with Crippen LogP contribution in [0.3, 0.4) is 0 Å². The van der Waals surface area contributed by atoms with Gasteiger partial charge < -0.3 is 4.74 Å². The Kier molecular flexibility index (Phi) is 3.23. The molecule has 6 atom stereocenters. The van der Waals surface area contributed by atoms with Gasteiger partial charge in [0.05, 0.1) is 29.6 Å². The monoisotopic (exact) mass is 400 g/mol. The summed E-state index contributed by atoms with van der Waals surface area (Å²) in [4.78, 5) is 25.6. The molecule has 1 aromatic rings. The Labute approximate surface area is 153 Å². The normalized spacial score (nSPS) is 37.6. The van der Waals surface area contributed by atoms with Crippen LogP contribution >= 0.6 is 15.9 Å². The number of hydrogen-bond acceptors (Lipinski definition) is 4. The van der Waals surface area contributed by atoms with E-state index in [1.807, 2.05) is 18.2 Å². The number of ether oxygens (including phenoxy) is 1. The smallest absolute Gasteiger partial charge is 0.254 e. The fourth-order valence-electron chi connectivity index (χ4n) is 4.94. The van der Waals surface area contributed by atoms with Crippen molar-refractivity contribution in [3.63, 3.8) is 0 Å². The third-order valence-corrected chi connectivity index (χ3v) is 6.76. The van der Waals surface area contributed by atoms with Crippen LogP contribution in [0, 0.1) is 35.5 Å². The van der Waals surface area contributed by atoms with Gasteiger partial charge in [0.2, 0.25) is 0 Å². The van der Waals surface area contributed by atoms with Crippen LogP contribution in [0.2, 0.25) is 0 Å². The van der Waals surface area contributed by atoms with Crippen molar-refractivity contribution in [2.75, 3.05) is 7.11 Å². The van der Waals surface area contributed by atoms with E-state index in [1.54, 1.807) is 13.3 Å². The molecule has 2 saturated carbocycles. The molecular weight excluding hydrogens is 384 g/mol. The van der Waals surface area contributed by atoms with Gasteiger partial charge in [0.1, 0.15) is 5.75 Å². The van der Waals surface area contributed by atoms with Crippen molar-refractivity contribution in [2.45, 2.75) is 6.42 Å². The number of carbonyl (C=O) groups is 2. The summed E-state index contributed by atoms with van der Waals surface area (Å²) in [6.45, 7) is 0. The molecule has 0 spiro atoms. The molecule has 2 bridgehead atoms. The van der Waals surface area contributed by atoms with Crippen molar-refractivity contribution < 1.29 is 14.3 Å². The Balaban J connectivity index is 1.41. The molecule has 0 radical (unpaired) electrons. The summed E-state index contributed by atoms with van der Waals surface area (Å²) in [6.07, 6.45) is 7.06. The van der Waals surface area contributed by atoms with E-state index >= 15 is 0 Å². The highest BCUT2D eigenvalue weighted by Gasteiger charge is 2.67. The predicted molar refractivity (Wildman–Crippen MR) is 94.8 cm³/mol. The van der Waals surface area contributed by atoms with Gasteiger partial charge in [-0.05, 0) is 69.8 Å². The molecule has 6 rings (SSSR count). The summed E-state index contributed by atoms with van der Waals surface area (Å²) in [5.41, 5.74) is 0.798. The summed E-state index contributed by atoms with van der Waals surface area (Å²) >= 11 is 3.43. The molecule has 5 aliphatic rings. The number of amides is 2. The topological polar surface area (TPSA) is 59.0 Å². The summed E-state index contributed by atoms with van der Waals surface area (Å²) in [5, 5.41) is 5.34. The van der Waals surface area contributed by atoms with Crippen LogP contribution in [0.15, 0.2) is 39.9 Å². The zero-order valence-corrected chi connectivity index (χ0v) is 15.2. The largest absolute Gasteiger partial charge is 0.496 e. The van der Waals surface area contributed by atoms with Crippen LogP contribution < -0.4 is 4.74 Å². The summed E-state index contributed by atoms with van der Waals surface area (Å²) in [5.74, 6) is 1.71. The highest BCUT2D eigenvalue weighted by Crippen LogP contribution is 2.65. The number of hydrogen-bond donors (Lipinski definition) is 0. The fraction of sp³-hybridized carbons (Fsp3) is 0.421. The molecule has 1 aliphatic heterocycles. The first-order valence-corrected chi connectivity index (χ1v) is 9.33. The van der Waals surface area contributed by atoms with Gasteiger partial charge in [0.25, 0.3) is 11.8 Å². The molecule has 0 aromatic heterocycles. The molecule has 5 nitrogen and oxygen atoms in total. The lowest BCUT2D eigenvalue weighted by Gasteiger charge is -2.37. The van der Waals surface area contributed by atoms with Gasteiger partial charge in [-0.25, -0.2) is 0 Å². The van der Waals surface area contributed by atoms with Crippen LogP contribution in [0.1, 0.15) is 12.0 Å². The van der Waals surface area contributed by atoms with Crippen LogP contribution in [0.5, 0.6) is 5.75 Å². The predicted octanol–water partition coefficient (Wildman–Crippen LogP) is 2.84. The fourth-order valence-corrected chi connectivity index (χ4v) is 5.50. The van der Waals surface area contributed by atoms with Gasteiger partial charge in [-0.15, -0.1) is 0 Å². The first kappa shape index (κ1) is 15.3. The van der Waals surface area contributed by atoms with E-state index in [9.17, 15) is 9.59 Å². The molecule has 2 amide bonds. The molecule has 6 heteroatoms. The number of allylic oxidation sites excluding steroid dienone is 2. The molecule has 1 heterocycles. The first-order valence-electron chi connectivity index (χ1n) is 8.54. The minimum Gasteiger partial charge on any atom is -0.496 e. The average Bonchev–Trinajstić information content (AvgIpc) is 3.39. The Bertz CT molecular complexity index is 813. The van der Waals surface area contributed by atoms with E-state index in [0.717, 1.165) is 20.8 Å². The zero-order chi connectivity index (χ0) is 17.3. The van der Waals surface area contributed by atoms with Gasteiger partial charge >= 0.3 is 0 Å². The molecule has 128 valence electrons. The number of rotatable bonds is 3. The molecule has 4 aliphatic carbocycles. The van der Waals surface area contributed by atoms with Gasteiger partial charge in [-0.1, -0.05) is 12.2 Å². The van der Waals surface area contributed by atoms with E-state index in [1.165, 1.54) is 6.42 Å². The Morgan fingerprint density at radius 3 is 2.36 bits per heavy atom. The highest BCUT2D eigenvalue weighted by atomic mass is 79.9. The standard InChI is InChI=1S/C19H17BrN2O3/c1-25-15-5-2-9(6-14(15)20)8-21-22-18(23)16-10-3-4-11(13-7-12(10)13)17(16)19(22)24/h2-6,8,10-13,16-17H,7H2,1H3. The van der Waals surface area contributed by atoms with Gasteiger partial charge in [0, 0.05) is 0 Å². The molecule has 1 saturated heterocycles. The maximum atomic E-state index is 12.8. The third-order valence-electron chi connectivity index (χ3n) is 6.14. The summed E-state index contributed by atoms with van der Waals surface area (Å²) in [7, 11) is 1.60. The number of imide groups is 1. The number of halogens is 1. The van der Waals surface area contributed by atoms with Crippen molar-refractivity contribution >= 4 is 34.0 Å². The van der Waals surface area contributed by atoms with E-state index in [4.69, 9.17) is 4.74 Å². The maximum absolute atomic E-state index is 12.8. The van der Waals surface area contributed by atoms with Crippen molar-refractivity contribution in [1.29, 1.82) is 0 Å². The van der Waals surface area contributed by atoms with Gasteiger partial charge in [-0.3, -0.25) is 9.59 Å². The molecule has 0 N–H and O–H groups in total. The first-order chi connectivity index (χ1) is 12.1. The lowest BCUT2D eigenvalue weighted by Crippen LogP contribution is -2.40. The molecule has 3 fully saturated rings. The van der Waals surface area contributed by atoms with Crippen LogP contribution in [0.4, 0.5) is 0 Å². The number of methoxy groups -OCH3 is 1. The summed E-state index contributed by atoms with van der Waals surface area (Å²) in [6, 6.07) is 5.50. The number of carbonyl (C=O) groups excluding carboxylic acids is 2. The Morgan fingerprint density at radius 2 is 1.80 bits per heavy atom. The Hall–Kier alpha value is -1.95. The second-order valence-electron chi connectivity index (χ2n) is 7.28. The molecule has 6 unspecified atom stereocenters. The number of benzene rings is 1. The van der Waals surface area contributed by atoms with Crippen LogP contribution in [-0.4, -0.2) is 30.1 Å². The van der Waals surface area contributed by atoms with E-state index in [-0.39, 0.29) is 35.5 Å². The van der Waals surface area contributed by atoms with Crippen molar-refractivity contribution in [1.82, 2.24) is 5.01 Å². The van der Waals surface area contributed by atoms with E-state index in [2.05, 4.69) is 33.2 Å². The number of nitrogens with zero attached hydrogens (tertiary/aromatic N) is 2. The summed E-state index contributed by atoms with van der Waals surface area (Å²) < 4.78 is 6.00. The van der Waals surface area contributed by atoms with Crippen LogP contribution in [-0.2, 0) is 9.59 Å². The van der Waals surface area contributed by atoms with Crippen molar-refractivity contribution in [3.8, 4) is 5.75 Å². The zero-order valence-electron chi connectivity index (χ0n) is 13.6. The lowest BCUT2D eigenvalue weighted by atomic mass is 9.63. The van der Waals surface area contributed by atoms with Crippen molar-refractivity contribution in [2.24, 2.45) is 40.6 Å². The van der Waals surface area contributed by atoms with Crippen LogP contribution in [0.25, 0.3) is 0 Å². The second kappa shape index (κ2) is 5.27.